The maximum atomic E-state index is 12.9. The average Bonchev–Trinajstić information content (AvgIpc) is 2.91. The van der Waals surface area contributed by atoms with Gasteiger partial charge in [-0.2, -0.15) is 11.8 Å². The van der Waals surface area contributed by atoms with Crippen molar-refractivity contribution in [2.75, 3.05) is 18.8 Å². The molecular formula is C19H22N2O2S. The molecule has 2 aliphatic rings. The van der Waals surface area contributed by atoms with Gasteiger partial charge in [0.05, 0.1) is 0 Å². The number of aryl methyl sites for hydroxylation is 1. The minimum atomic E-state index is 0.0520. The van der Waals surface area contributed by atoms with Gasteiger partial charge in [-0.3, -0.25) is 4.79 Å². The van der Waals surface area contributed by atoms with Crippen LogP contribution in [0, 0.1) is 0 Å². The number of carbonyl (C=O) groups excluding carboxylic acids is 1. The summed E-state index contributed by atoms with van der Waals surface area (Å²) in [5.74, 6) is 1.94. The van der Waals surface area contributed by atoms with Crippen molar-refractivity contribution in [3.8, 4) is 0 Å². The van der Waals surface area contributed by atoms with Crippen LogP contribution in [0.25, 0.3) is 0 Å². The quantitative estimate of drug-likeness (QED) is 0.831. The molecule has 1 aliphatic heterocycles. The molecule has 1 aromatic carbocycles. The number of carbonyl (C=O) groups is 1. The molecule has 2 heterocycles. The lowest BCUT2D eigenvalue weighted by Gasteiger charge is -2.20. The second-order valence-electron chi connectivity index (χ2n) is 6.49. The zero-order chi connectivity index (χ0) is 16.4. The van der Waals surface area contributed by atoms with Crippen LogP contribution in [-0.2, 0) is 12.8 Å². The molecule has 4 rings (SSSR count). The van der Waals surface area contributed by atoms with Gasteiger partial charge < -0.3 is 9.42 Å². The van der Waals surface area contributed by atoms with Gasteiger partial charge in [-0.05, 0) is 31.2 Å². The van der Waals surface area contributed by atoms with Crippen LogP contribution < -0.4 is 0 Å². The first-order valence-corrected chi connectivity index (χ1v) is 9.81. The summed E-state index contributed by atoms with van der Waals surface area (Å²) < 4.78 is 5.42. The third-order valence-corrected chi connectivity index (χ3v) is 6.28. The van der Waals surface area contributed by atoms with Crippen LogP contribution in [0.2, 0.25) is 0 Å². The van der Waals surface area contributed by atoms with E-state index in [-0.39, 0.29) is 5.91 Å². The van der Waals surface area contributed by atoms with E-state index in [1.54, 1.807) is 0 Å². The van der Waals surface area contributed by atoms with E-state index in [0.29, 0.717) is 10.9 Å². The minimum Gasteiger partial charge on any atom is -0.360 e. The Morgan fingerprint density at radius 2 is 2.00 bits per heavy atom. The Kier molecular flexibility index (Phi) is 4.60. The maximum Gasteiger partial charge on any atom is 0.276 e. The smallest absolute Gasteiger partial charge is 0.276 e. The molecular weight excluding hydrogens is 320 g/mol. The van der Waals surface area contributed by atoms with Gasteiger partial charge >= 0.3 is 0 Å². The summed E-state index contributed by atoms with van der Waals surface area (Å²) in [7, 11) is 0. The van der Waals surface area contributed by atoms with Crippen LogP contribution in [0.15, 0.2) is 34.9 Å². The highest BCUT2D eigenvalue weighted by Gasteiger charge is 2.29. The number of rotatable bonds is 2. The number of benzene rings is 1. The number of amides is 1. The highest BCUT2D eigenvalue weighted by atomic mass is 32.2. The van der Waals surface area contributed by atoms with Gasteiger partial charge in [0.1, 0.15) is 5.76 Å². The van der Waals surface area contributed by atoms with Gasteiger partial charge in [0.2, 0.25) is 0 Å². The van der Waals surface area contributed by atoms with E-state index >= 15 is 0 Å². The van der Waals surface area contributed by atoms with Crippen molar-refractivity contribution in [1.29, 1.82) is 0 Å². The first kappa shape index (κ1) is 15.8. The zero-order valence-corrected chi connectivity index (χ0v) is 14.6. The number of hydrogen-bond donors (Lipinski definition) is 0. The number of hydrogen-bond acceptors (Lipinski definition) is 4. The molecule has 5 heteroatoms. The van der Waals surface area contributed by atoms with Crippen molar-refractivity contribution in [3.63, 3.8) is 0 Å². The summed E-state index contributed by atoms with van der Waals surface area (Å²) in [6.07, 6.45) is 5.09. The van der Waals surface area contributed by atoms with Crippen LogP contribution in [0.1, 0.15) is 51.9 Å². The van der Waals surface area contributed by atoms with Crippen molar-refractivity contribution < 1.29 is 9.32 Å². The van der Waals surface area contributed by atoms with Crippen LogP contribution in [0.3, 0.4) is 0 Å². The van der Waals surface area contributed by atoms with Gasteiger partial charge in [0.25, 0.3) is 5.91 Å². The van der Waals surface area contributed by atoms with E-state index in [9.17, 15) is 4.79 Å². The molecule has 1 saturated heterocycles. The molecule has 1 aliphatic carbocycles. The van der Waals surface area contributed by atoms with E-state index in [2.05, 4.69) is 35.5 Å². The first-order valence-electron chi connectivity index (χ1n) is 8.76. The molecule has 1 fully saturated rings. The molecule has 24 heavy (non-hydrogen) atoms. The highest BCUT2D eigenvalue weighted by molar-refractivity contribution is 7.99. The number of fused-ring (bicyclic) bond motifs is 1. The summed E-state index contributed by atoms with van der Waals surface area (Å²) in [6.45, 7) is 1.57. The predicted molar refractivity (Wildman–Crippen MR) is 95.3 cm³/mol. The lowest BCUT2D eigenvalue weighted by atomic mass is 9.96. The van der Waals surface area contributed by atoms with Crippen LogP contribution in [0.5, 0.6) is 0 Å². The molecule has 126 valence electrons. The monoisotopic (exact) mass is 342 g/mol. The minimum absolute atomic E-state index is 0.0520. The lowest BCUT2D eigenvalue weighted by Crippen LogP contribution is -2.34. The Morgan fingerprint density at radius 3 is 2.88 bits per heavy atom. The van der Waals surface area contributed by atoms with Gasteiger partial charge in [-0.15, -0.1) is 0 Å². The highest BCUT2D eigenvalue weighted by Crippen LogP contribution is 2.34. The lowest BCUT2D eigenvalue weighted by molar-refractivity contribution is 0.0755. The topological polar surface area (TPSA) is 46.3 Å². The Balaban J connectivity index is 1.47. The molecule has 0 spiro atoms. The van der Waals surface area contributed by atoms with Gasteiger partial charge in [0, 0.05) is 36.1 Å². The van der Waals surface area contributed by atoms with E-state index in [4.69, 9.17) is 4.52 Å². The van der Waals surface area contributed by atoms with Crippen molar-refractivity contribution in [3.05, 3.63) is 52.9 Å². The number of thioether (sulfide) groups is 1. The third kappa shape index (κ3) is 3.09. The SMILES string of the molecule is O=C(c1noc2c1CCCC2)N1CCS[C@H](c2ccccc2)CC1. The zero-order valence-electron chi connectivity index (χ0n) is 13.7. The fourth-order valence-electron chi connectivity index (χ4n) is 3.61. The average molecular weight is 342 g/mol. The summed E-state index contributed by atoms with van der Waals surface area (Å²) in [5, 5.41) is 4.58. The Labute approximate surface area is 146 Å². The standard InChI is InChI=1S/C19H22N2O2S/c22-19(18-15-8-4-5-9-16(15)23-20-18)21-11-10-17(24-13-12-21)14-6-2-1-3-7-14/h1-3,6-7,17H,4-5,8-13H2/t17-/m0/s1. The maximum absolute atomic E-state index is 12.9. The predicted octanol–water partition coefficient (Wildman–Crippen LogP) is 3.87. The molecule has 1 amide bonds. The molecule has 4 nitrogen and oxygen atoms in total. The van der Waals surface area contributed by atoms with Gasteiger partial charge in [-0.1, -0.05) is 35.5 Å². The van der Waals surface area contributed by atoms with E-state index in [1.807, 2.05) is 16.7 Å². The Hall–Kier alpha value is -1.75. The fraction of sp³-hybridized carbons (Fsp3) is 0.474. The van der Waals surface area contributed by atoms with E-state index < -0.39 is 0 Å². The molecule has 2 aromatic rings. The van der Waals surface area contributed by atoms with Crippen LogP contribution >= 0.6 is 11.8 Å². The number of nitrogens with zero attached hydrogens (tertiary/aromatic N) is 2. The molecule has 1 aromatic heterocycles. The molecule has 0 bridgehead atoms. The second-order valence-corrected chi connectivity index (χ2v) is 7.80. The number of aromatic nitrogens is 1. The van der Waals surface area contributed by atoms with Crippen molar-refractivity contribution in [2.24, 2.45) is 0 Å². The summed E-state index contributed by atoms with van der Waals surface area (Å²) in [6, 6.07) is 10.6. The largest absolute Gasteiger partial charge is 0.360 e. The molecule has 1 atom stereocenters. The third-order valence-electron chi connectivity index (χ3n) is 4.95. The molecule has 0 radical (unpaired) electrons. The van der Waals surface area contributed by atoms with E-state index in [0.717, 1.165) is 62.3 Å². The second kappa shape index (κ2) is 7.01. The van der Waals surface area contributed by atoms with Crippen LogP contribution in [0.4, 0.5) is 0 Å². The Bertz CT molecular complexity index is 713. The molecule has 0 unspecified atom stereocenters. The van der Waals surface area contributed by atoms with Crippen LogP contribution in [-0.4, -0.2) is 34.8 Å². The van der Waals surface area contributed by atoms with Crippen molar-refractivity contribution in [1.82, 2.24) is 10.1 Å². The van der Waals surface area contributed by atoms with E-state index in [1.165, 1.54) is 5.56 Å². The normalized spacial score (nSPS) is 21.2. The van der Waals surface area contributed by atoms with Crippen molar-refractivity contribution >= 4 is 17.7 Å². The Morgan fingerprint density at radius 1 is 1.17 bits per heavy atom. The molecule has 0 saturated carbocycles. The van der Waals surface area contributed by atoms with Gasteiger partial charge in [0.15, 0.2) is 5.69 Å². The van der Waals surface area contributed by atoms with Crippen molar-refractivity contribution in [2.45, 2.75) is 37.4 Å². The van der Waals surface area contributed by atoms with Gasteiger partial charge in [-0.25, -0.2) is 0 Å². The summed E-state index contributed by atoms with van der Waals surface area (Å²) >= 11 is 1.95. The first-order chi connectivity index (χ1) is 11.8. The summed E-state index contributed by atoms with van der Waals surface area (Å²) in [5.41, 5.74) is 2.98. The summed E-state index contributed by atoms with van der Waals surface area (Å²) in [4.78, 5) is 14.9. The molecule has 0 N–H and O–H groups in total. The fourth-order valence-corrected chi connectivity index (χ4v) is 4.84.